The van der Waals surface area contributed by atoms with Crippen LogP contribution in [0.3, 0.4) is 0 Å². The minimum absolute atomic E-state index is 0.0520. The van der Waals surface area contributed by atoms with Crippen molar-refractivity contribution >= 4 is 46.1 Å². The summed E-state index contributed by atoms with van der Waals surface area (Å²) in [6, 6.07) is 4.21. The number of rotatable bonds is 6. The van der Waals surface area contributed by atoms with E-state index in [1.807, 2.05) is 12.1 Å². The van der Waals surface area contributed by atoms with Crippen molar-refractivity contribution in [1.82, 2.24) is 9.55 Å². The van der Waals surface area contributed by atoms with Gasteiger partial charge in [-0.05, 0) is 45.2 Å². The van der Waals surface area contributed by atoms with Crippen LogP contribution in [-0.2, 0) is 4.79 Å². The van der Waals surface area contributed by atoms with Crippen LogP contribution in [0.5, 0.6) is 0 Å². The van der Waals surface area contributed by atoms with Crippen molar-refractivity contribution in [2.75, 3.05) is 11.4 Å². The van der Waals surface area contributed by atoms with Crippen molar-refractivity contribution < 1.29 is 4.79 Å². The number of halogens is 2. The Hall–Kier alpha value is -1.46. The third-order valence-electron chi connectivity index (χ3n) is 5.50. The highest BCUT2D eigenvalue weighted by atomic mass is 35.5. The topological polar surface area (TPSA) is 64.2 Å². The first-order valence-corrected chi connectivity index (χ1v) is 10.5. The van der Waals surface area contributed by atoms with Crippen molar-refractivity contribution in [3.8, 4) is 0 Å². The molecule has 148 valence electrons. The van der Waals surface area contributed by atoms with E-state index in [2.05, 4.69) is 30.2 Å². The maximum absolute atomic E-state index is 11.8. The Morgan fingerprint density at radius 3 is 2.67 bits per heavy atom. The van der Waals surface area contributed by atoms with E-state index in [0.717, 1.165) is 55.6 Å². The van der Waals surface area contributed by atoms with Gasteiger partial charge in [0.2, 0.25) is 11.9 Å². The van der Waals surface area contributed by atoms with E-state index in [-0.39, 0.29) is 23.9 Å². The fourth-order valence-corrected chi connectivity index (χ4v) is 4.39. The van der Waals surface area contributed by atoms with E-state index in [1.54, 1.807) is 0 Å². The molecule has 0 bridgehead atoms. The van der Waals surface area contributed by atoms with Gasteiger partial charge in [0.25, 0.3) is 0 Å². The van der Waals surface area contributed by atoms with Crippen LogP contribution in [0.2, 0.25) is 10.0 Å². The SMILES string of the molecule is CCCCC1CC(C(N)=O)CCN1c1nc2cc(Cl)c(Cl)cc2n1C(C)C. The van der Waals surface area contributed by atoms with Crippen LogP contribution >= 0.6 is 23.2 Å². The number of hydrogen-bond donors (Lipinski definition) is 1. The third-order valence-corrected chi connectivity index (χ3v) is 6.22. The molecular formula is C20H28Cl2N4O. The van der Waals surface area contributed by atoms with Crippen molar-refractivity contribution in [3.63, 3.8) is 0 Å². The maximum Gasteiger partial charge on any atom is 0.220 e. The average Bonchev–Trinajstić information content (AvgIpc) is 2.98. The zero-order chi connectivity index (χ0) is 19.7. The van der Waals surface area contributed by atoms with E-state index < -0.39 is 0 Å². The Bertz CT molecular complexity index is 833. The van der Waals surface area contributed by atoms with Crippen LogP contribution in [0.1, 0.15) is 58.9 Å². The Kier molecular flexibility index (Phi) is 6.21. The third kappa shape index (κ3) is 4.04. The lowest BCUT2D eigenvalue weighted by Gasteiger charge is -2.40. The lowest BCUT2D eigenvalue weighted by molar-refractivity contribution is -0.122. The van der Waals surface area contributed by atoms with Gasteiger partial charge in [-0.2, -0.15) is 0 Å². The van der Waals surface area contributed by atoms with Gasteiger partial charge in [0.1, 0.15) is 0 Å². The molecule has 2 N–H and O–H groups in total. The van der Waals surface area contributed by atoms with E-state index in [9.17, 15) is 4.79 Å². The molecule has 1 aliphatic heterocycles. The van der Waals surface area contributed by atoms with Crippen LogP contribution < -0.4 is 10.6 Å². The highest BCUT2D eigenvalue weighted by Crippen LogP contribution is 2.36. The molecule has 1 aliphatic rings. The molecule has 0 radical (unpaired) electrons. The van der Waals surface area contributed by atoms with E-state index in [4.69, 9.17) is 33.9 Å². The molecule has 2 atom stereocenters. The second kappa shape index (κ2) is 8.27. The van der Waals surface area contributed by atoms with Crippen LogP contribution in [0.25, 0.3) is 11.0 Å². The number of nitrogens with two attached hydrogens (primary N) is 1. The molecule has 1 fully saturated rings. The fraction of sp³-hybridized carbons (Fsp3) is 0.600. The Labute approximate surface area is 170 Å². The molecule has 1 amide bonds. The molecule has 0 saturated carbocycles. The minimum atomic E-state index is -0.188. The number of anilines is 1. The fourth-order valence-electron chi connectivity index (χ4n) is 4.08. The van der Waals surface area contributed by atoms with E-state index in [0.29, 0.717) is 10.0 Å². The molecule has 5 nitrogen and oxygen atoms in total. The van der Waals surface area contributed by atoms with Gasteiger partial charge in [-0.25, -0.2) is 4.98 Å². The molecule has 3 rings (SSSR count). The molecule has 27 heavy (non-hydrogen) atoms. The highest BCUT2D eigenvalue weighted by Gasteiger charge is 2.34. The summed E-state index contributed by atoms with van der Waals surface area (Å²) in [6.07, 6.45) is 4.83. The van der Waals surface area contributed by atoms with Crippen molar-refractivity contribution in [3.05, 3.63) is 22.2 Å². The van der Waals surface area contributed by atoms with Gasteiger partial charge in [-0.3, -0.25) is 4.79 Å². The Balaban J connectivity index is 2.05. The van der Waals surface area contributed by atoms with Gasteiger partial charge in [0.15, 0.2) is 0 Å². The quantitative estimate of drug-likeness (QED) is 0.712. The van der Waals surface area contributed by atoms with Gasteiger partial charge >= 0.3 is 0 Å². The highest BCUT2D eigenvalue weighted by molar-refractivity contribution is 6.42. The number of carbonyl (C=O) groups is 1. The predicted molar refractivity (Wildman–Crippen MR) is 113 cm³/mol. The van der Waals surface area contributed by atoms with Gasteiger partial charge in [-0.15, -0.1) is 0 Å². The van der Waals surface area contributed by atoms with Gasteiger partial charge in [-0.1, -0.05) is 43.0 Å². The lowest BCUT2D eigenvalue weighted by atomic mass is 9.88. The summed E-state index contributed by atoms with van der Waals surface area (Å²) in [5.41, 5.74) is 7.44. The van der Waals surface area contributed by atoms with Crippen LogP contribution in [0.4, 0.5) is 5.95 Å². The minimum Gasteiger partial charge on any atom is -0.369 e. The monoisotopic (exact) mass is 410 g/mol. The maximum atomic E-state index is 11.8. The molecule has 1 saturated heterocycles. The Morgan fingerprint density at radius 1 is 1.33 bits per heavy atom. The average molecular weight is 411 g/mol. The van der Waals surface area contributed by atoms with Crippen molar-refractivity contribution in [1.29, 1.82) is 0 Å². The molecular weight excluding hydrogens is 383 g/mol. The second-order valence-corrected chi connectivity index (χ2v) is 8.56. The smallest absolute Gasteiger partial charge is 0.220 e. The number of aromatic nitrogens is 2. The summed E-state index contributed by atoms with van der Waals surface area (Å²) < 4.78 is 2.22. The molecule has 1 aromatic carbocycles. The molecule has 1 aromatic heterocycles. The number of amides is 1. The number of unbranched alkanes of at least 4 members (excludes halogenated alkanes) is 1. The lowest BCUT2D eigenvalue weighted by Crippen LogP contribution is -2.47. The summed E-state index contributed by atoms with van der Waals surface area (Å²) in [5.74, 6) is 0.693. The molecule has 2 unspecified atom stereocenters. The summed E-state index contributed by atoms with van der Waals surface area (Å²) in [6.45, 7) is 7.25. The number of imidazole rings is 1. The normalized spacial score (nSPS) is 20.6. The zero-order valence-corrected chi connectivity index (χ0v) is 17.7. The number of benzene rings is 1. The van der Waals surface area contributed by atoms with E-state index in [1.165, 1.54) is 0 Å². The number of piperidine rings is 1. The predicted octanol–water partition coefficient (Wildman–Crippen LogP) is 5.18. The van der Waals surface area contributed by atoms with Crippen molar-refractivity contribution in [2.24, 2.45) is 11.7 Å². The molecule has 0 spiro atoms. The first-order chi connectivity index (χ1) is 12.8. The summed E-state index contributed by atoms with van der Waals surface area (Å²) >= 11 is 12.5. The largest absolute Gasteiger partial charge is 0.369 e. The van der Waals surface area contributed by atoms with Gasteiger partial charge in [0.05, 0.1) is 21.1 Å². The summed E-state index contributed by atoms with van der Waals surface area (Å²) in [4.78, 5) is 19.0. The van der Waals surface area contributed by atoms with Crippen LogP contribution in [0, 0.1) is 5.92 Å². The first-order valence-electron chi connectivity index (χ1n) is 9.76. The zero-order valence-electron chi connectivity index (χ0n) is 16.2. The first kappa shape index (κ1) is 20.3. The molecule has 0 aliphatic carbocycles. The molecule has 2 heterocycles. The van der Waals surface area contributed by atoms with Crippen LogP contribution in [-0.4, -0.2) is 28.0 Å². The summed E-state index contributed by atoms with van der Waals surface area (Å²) in [5, 5.41) is 1.05. The number of fused-ring (bicyclic) bond motifs is 1. The molecule has 2 aromatic rings. The summed E-state index contributed by atoms with van der Waals surface area (Å²) in [7, 11) is 0. The number of primary amides is 1. The number of nitrogens with zero attached hydrogens (tertiary/aromatic N) is 3. The number of carbonyl (C=O) groups excluding carboxylic acids is 1. The second-order valence-electron chi connectivity index (χ2n) is 7.74. The van der Waals surface area contributed by atoms with Crippen LogP contribution in [0.15, 0.2) is 12.1 Å². The number of hydrogen-bond acceptors (Lipinski definition) is 3. The molecule has 7 heteroatoms. The van der Waals surface area contributed by atoms with E-state index >= 15 is 0 Å². The standard InChI is InChI=1S/C20H28Cl2N4O/c1-4-5-6-14-9-13(19(23)27)7-8-25(14)20-24-17-10-15(21)16(22)11-18(17)26(20)12(2)3/h10-14H,4-9H2,1-3H3,(H2,23,27). The van der Waals surface area contributed by atoms with Gasteiger partial charge in [0, 0.05) is 24.5 Å². The van der Waals surface area contributed by atoms with Gasteiger partial charge < -0.3 is 15.2 Å². The Morgan fingerprint density at radius 2 is 2.04 bits per heavy atom. The van der Waals surface area contributed by atoms with Crippen molar-refractivity contribution in [2.45, 2.75) is 65.0 Å².